The summed E-state index contributed by atoms with van der Waals surface area (Å²) in [4.78, 5) is 21.5. The number of rotatable bonds is 4. The van der Waals surface area contributed by atoms with E-state index < -0.39 is 0 Å². The van der Waals surface area contributed by atoms with Gasteiger partial charge >= 0.3 is 0 Å². The van der Waals surface area contributed by atoms with Crippen LogP contribution >= 0.6 is 0 Å². The number of Topliss-reactive ketones (excluding diaryl/α,β-unsaturated/α-hetero) is 1. The second kappa shape index (κ2) is 10.1. The van der Waals surface area contributed by atoms with E-state index in [-0.39, 0.29) is 28.6 Å². The van der Waals surface area contributed by atoms with Crippen LogP contribution < -0.4 is 0 Å². The van der Waals surface area contributed by atoms with Crippen molar-refractivity contribution < 1.29 is 26.7 Å². The van der Waals surface area contributed by atoms with Gasteiger partial charge in [-0.3, -0.25) is 0 Å². The molecule has 0 amide bonds. The zero-order chi connectivity index (χ0) is 15.0. The molecule has 0 heterocycles. The van der Waals surface area contributed by atoms with Gasteiger partial charge in [-0.25, -0.2) is 12.1 Å². The second-order valence-corrected chi connectivity index (χ2v) is 4.56. The van der Waals surface area contributed by atoms with Gasteiger partial charge in [0.05, 0.1) is 0 Å². The van der Waals surface area contributed by atoms with E-state index >= 15 is 0 Å². The Kier molecular flexibility index (Phi) is 9.27. The zero-order valence-electron chi connectivity index (χ0n) is 12.6. The minimum atomic E-state index is 0. The van der Waals surface area contributed by atoms with Crippen molar-refractivity contribution in [3.8, 4) is 0 Å². The van der Waals surface area contributed by atoms with E-state index in [1.54, 1.807) is 13.0 Å². The number of hydrogen-bond acceptors (Lipinski definition) is 2. The van der Waals surface area contributed by atoms with E-state index in [4.69, 9.17) is 0 Å². The third kappa shape index (κ3) is 7.03. The first kappa shape index (κ1) is 19.3. The third-order valence-corrected chi connectivity index (χ3v) is 2.84. The first-order valence-electron chi connectivity index (χ1n) is 6.70. The van der Waals surface area contributed by atoms with Crippen LogP contribution in [0.25, 0.3) is 5.57 Å². The molecule has 0 fully saturated rings. The molecule has 0 saturated heterocycles. The third-order valence-electron chi connectivity index (χ3n) is 2.84. The molecule has 2 nitrogen and oxygen atoms in total. The predicted octanol–water partition coefficient (Wildman–Crippen LogP) is 4.39. The second-order valence-electron chi connectivity index (χ2n) is 4.56. The molecule has 3 heteroatoms. The Hall–Kier alpha value is -1.70. The van der Waals surface area contributed by atoms with Crippen LogP contribution in [0.1, 0.15) is 43.1 Å². The summed E-state index contributed by atoms with van der Waals surface area (Å²) in [6, 6.07) is 15.4. The van der Waals surface area contributed by atoms with Crippen LogP contribution in [0.5, 0.6) is 0 Å². The molecule has 2 rings (SSSR count). The molecule has 0 spiro atoms. The average Bonchev–Trinajstić information content (AvgIpc) is 3.10. The molecule has 0 saturated carbocycles. The monoisotopic (exact) mass is 324 g/mol. The maximum absolute atomic E-state index is 10.9. The van der Waals surface area contributed by atoms with E-state index in [0.29, 0.717) is 6.42 Å². The summed E-state index contributed by atoms with van der Waals surface area (Å²) < 4.78 is 0. The molecular formula is C18H20FeO2-6. The van der Waals surface area contributed by atoms with Crippen molar-refractivity contribution in [2.24, 2.45) is 0 Å². The van der Waals surface area contributed by atoms with Crippen molar-refractivity contribution in [3.63, 3.8) is 0 Å². The molecule has 0 aliphatic rings. The molecule has 21 heavy (non-hydrogen) atoms. The van der Waals surface area contributed by atoms with E-state index in [1.807, 2.05) is 62.4 Å². The minimum absolute atomic E-state index is 0. The molecule has 0 unspecified atom stereocenters. The number of allylic oxidation sites excluding steroid dienone is 2. The topological polar surface area (TPSA) is 34.1 Å². The molecular weight excluding hydrogens is 304 g/mol. The van der Waals surface area contributed by atoms with Gasteiger partial charge in [0.1, 0.15) is 5.78 Å². The van der Waals surface area contributed by atoms with Gasteiger partial charge in [0.2, 0.25) is 0 Å². The van der Waals surface area contributed by atoms with Gasteiger partial charge in [-0.15, -0.1) is 0 Å². The summed E-state index contributed by atoms with van der Waals surface area (Å²) in [5.41, 5.74) is 2.99. The largest absolute Gasteiger partial charge is 0.684 e. The van der Waals surface area contributed by atoms with Crippen LogP contribution in [0.15, 0.2) is 54.6 Å². The van der Waals surface area contributed by atoms with E-state index in [2.05, 4.69) is 0 Å². The molecule has 0 N–H and O–H groups in total. The van der Waals surface area contributed by atoms with Crippen molar-refractivity contribution >= 4 is 17.1 Å². The molecule has 118 valence electrons. The van der Waals surface area contributed by atoms with Crippen LogP contribution in [-0.4, -0.2) is 11.6 Å². The SMILES string of the molecule is CC(=O)C=C(C)[c-]1[cH-][cH-][cH-][cH-]1.CCC(=O)[c-]1cccc1.[Fe]. The van der Waals surface area contributed by atoms with E-state index in [1.165, 1.54) is 0 Å². The Labute approximate surface area is 137 Å². The van der Waals surface area contributed by atoms with Gasteiger partial charge < -0.3 is 51.1 Å². The summed E-state index contributed by atoms with van der Waals surface area (Å²) >= 11 is 0. The molecule has 2 aromatic rings. The van der Waals surface area contributed by atoms with Gasteiger partial charge in [0.15, 0.2) is 0 Å². The number of carbonyl (C=O) groups is 2. The maximum Gasteiger partial charge on any atom is 0.108 e. The first-order valence-corrected chi connectivity index (χ1v) is 6.70. The minimum Gasteiger partial charge on any atom is -0.684 e. The van der Waals surface area contributed by atoms with Crippen LogP contribution in [0, 0.1) is 0 Å². The Morgan fingerprint density at radius 3 is 2.05 bits per heavy atom. The Balaban J connectivity index is 0.000000370. The van der Waals surface area contributed by atoms with Crippen LogP contribution in [0.2, 0.25) is 0 Å². The quantitative estimate of drug-likeness (QED) is 0.362. The van der Waals surface area contributed by atoms with Crippen molar-refractivity contribution in [1.82, 2.24) is 0 Å². The van der Waals surface area contributed by atoms with Gasteiger partial charge in [0.25, 0.3) is 0 Å². The Morgan fingerprint density at radius 1 is 1.10 bits per heavy atom. The maximum atomic E-state index is 10.9. The standard InChI is InChI=1S/C10H11O.C8H9O.Fe/c1-8(7-9(2)11)10-5-3-4-6-10;1-2-8(9)7-5-3-4-6-7;/h3-7H,1-2H3;3-6H,2H2,1H3;/q-5;-1;. The fourth-order valence-corrected chi connectivity index (χ4v) is 1.79. The molecule has 0 radical (unpaired) electrons. The Morgan fingerprint density at radius 2 is 1.62 bits per heavy atom. The number of hydrogen-bond donors (Lipinski definition) is 0. The van der Waals surface area contributed by atoms with Crippen LogP contribution in [0.3, 0.4) is 0 Å². The van der Waals surface area contributed by atoms with Gasteiger partial charge in [-0.05, 0) is 13.3 Å². The molecule has 2 aromatic carbocycles. The molecule has 0 aromatic heterocycles. The summed E-state index contributed by atoms with van der Waals surface area (Å²) in [6.45, 7) is 5.37. The molecule has 0 atom stereocenters. The average molecular weight is 324 g/mol. The van der Waals surface area contributed by atoms with Crippen molar-refractivity contribution in [3.05, 3.63) is 65.7 Å². The first-order chi connectivity index (χ1) is 9.54. The normalized spacial score (nSPS) is 10.1. The fourth-order valence-electron chi connectivity index (χ4n) is 1.79. The Bertz CT molecular complexity index is 560. The zero-order valence-corrected chi connectivity index (χ0v) is 13.7. The summed E-state index contributed by atoms with van der Waals surface area (Å²) in [7, 11) is 0. The van der Waals surface area contributed by atoms with Crippen LogP contribution in [0.4, 0.5) is 0 Å². The summed E-state index contributed by atoms with van der Waals surface area (Å²) in [6.07, 6.45) is 2.25. The molecule has 0 aliphatic heterocycles. The van der Waals surface area contributed by atoms with Crippen molar-refractivity contribution in [1.29, 1.82) is 0 Å². The number of ketones is 2. The molecule has 0 aliphatic carbocycles. The van der Waals surface area contributed by atoms with Gasteiger partial charge in [0, 0.05) is 22.9 Å². The van der Waals surface area contributed by atoms with Gasteiger partial charge in [-0.1, -0.05) is 12.5 Å². The smallest absolute Gasteiger partial charge is 0.108 e. The fraction of sp³-hybridized carbons (Fsp3) is 0.222. The van der Waals surface area contributed by atoms with E-state index in [0.717, 1.165) is 16.7 Å². The van der Waals surface area contributed by atoms with Crippen molar-refractivity contribution in [2.45, 2.75) is 27.2 Å². The van der Waals surface area contributed by atoms with Crippen molar-refractivity contribution in [2.75, 3.05) is 0 Å². The van der Waals surface area contributed by atoms with E-state index in [9.17, 15) is 9.59 Å². The van der Waals surface area contributed by atoms with Crippen LogP contribution in [-0.2, 0) is 21.9 Å². The van der Waals surface area contributed by atoms with Gasteiger partial charge in [-0.2, -0.15) is 19.1 Å². The molecule has 0 bridgehead atoms. The summed E-state index contributed by atoms with van der Waals surface area (Å²) in [5, 5.41) is 0. The summed E-state index contributed by atoms with van der Waals surface area (Å²) in [5.74, 6) is 0.323. The predicted molar refractivity (Wildman–Crippen MR) is 83.0 cm³/mol. The number of carbonyl (C=O) groups excluding carboxylic acids is 2.